The highest BCUT2D eigenvalue weighted by Crippen LogP contribution is 2.30. The molecule has 0 bridgehead atoms. The molecule has 0 aliphatic rings. The molecule has 0 aliphatic heterocycles. The second kappa shape index (κ2) is 13.3. The third-order valence-corrected chi connectivity index (χ3v) is 7.10. The van der Waals surface area contributed by atoms with Gasteiger partial charge in [0.05, 0.1) is 18.6 Å². The van der Waals surface area contributed by atoms with Gasteiger partial charge in [-0.3, -0.25) is 13.9 Å². The van der Waals surface area contributed by atoms with Crippen molar-refractivity contribution in [2.75, 3.05) is 23.7 Å². The zero-order chi connectivity index (χ0) is 26.9. The second-order valence-electron chi connectivity index (χ2n) is 8.92. The molecule has 0 radical (unpaired) electrons. The molecule has 0 heterocycles. The summed E-state index contributed by atoms with van der Waals surface area (Å²) in [6.07, 6.45) is 2.19. The molecule has 2 amide bonds. The Morgan fingerprint density at radius 1 is 1.00 bits per heavy atom. The number of hydrogen-bond acceptors (Lipinski definition) is 5. The number of amides is 2. The van der Waals surface area contributed by atoms with Crippen LogP contribution in [0.4, 0.5) is 5.69 Å². The van der Waals surface area contributed by atoms with Crippen molar-refractivity contribution in [1.82, 2.24) is 10.2 Å². The highest BCUT2D eigenvalue weighted by atomic mass is 32.2. The standard InChI is InChI=1S/C27H39N3O5S/c1-7-21(5)28-27(32)23(8-2)29(18-22-16-14-20(4)15-17-22)26(31)19-30(36(6,33)34)24-12-10-11-13-25(24)35-9-3/h10-17,21,23H,7-9,18-19H2,1-6H3,(H,28,32). The van der Waals surface area contributed by atoms with E-state index in [1.165, 1.54) is 4.90 Å². The SMILES string of the molecule is CCOc1ccccc1N(CC(=O)N(Cc1ccc(C)cc1)C(CC)C(=O)NC(C)CC)S(C)(=O)=O. The fourth-order valence-electron chi connectivity index (χ4n) is 3.79. The first-order valence-corrected chi connectivity index (χ1v) is 14.2. The van der Waals surface area contributed by atoms with Crippen LogP contribution in [-0.2, 0) is 26.2 Å². The van der Waals surface area contributed by atoms with Crippen LogP contribution in [0.25, 0.3) is 0 Å². The van der Waals surface area contributed by atoms with E-state index >= 15 is 0 Å². The minimum Gasteiger partial charge on any atom is -0.492 e. The van der Waals surface area contributed by atoms with Gasteiger partial charge in [-0.1, -0.05) is 55.8 Å². The monoisotopic (exact) mass is 517 g/mol. The van der Waals surface area contributed by atoms with Crippen molar-refractivity contribution in [3.8, 4) is 5.75 Å². The van der Waals surface area contributed by atoms with E-state index in [2.05, 4.69) is 5.32 Å². The number of carbonyl (C=O) groups excluding carboxylic acids is 2. The van der Waals surface area contributed by atoms with E-state index in [1.54, 1.807) is 31.2 Å². The van der Waals surface area contributed by atoms with Crippen LogP contribution in [0.15, 0.2) is 48.5 Å². The van der Waals surface area contributed by atoms with Gasteiger partial charge in [0.1, 0.15) is 18.3 Å². The minimum atomic E-state index is -3.84. The van der Waals surface area contributed by atoms with Crippen LogP contribution in [0.5, 0.6) is 5.75 Å². The number of nitrogens with one attached hydrogen (secondary N) is 1. The Balaban J connectivity index is 2.47. The quantitative estimate of drug-likeness (QED) is 0.435. The molecule has 0 saturated heterocycles. The summed E-state index contributed by atoms with van der Waals surface area (Å²) in [5.74, 6) is -0.365. The smallest absolute Gasteiger partial charge is 0.244 e. The first-order valence-electron chi connectivity index (χ1n) is 12.4. The third-order valence-electron chi connectivity index (χ3n) is 5.97. The van der Waals surface area contributed by atoms with E-state index in [0.29, 0.717) is 18.8 Å². The van der Waals surface area contributed by atoms with E-state index in [9.17, 15) is 18.0 Å². The van der Waals surface area contributed by atoms with Gasteiger partial charge in [0.25, 0.3) is 0 Å². The lowest BCUT2D eigenvalue weighted by atomic mass is 10.1. The summed E-state index contributed by atoms with van der Waals surface area (Å²) in [4.78, 5) is 28.4. The number of para-hydroxylation sites is 2. The van der Waals surface area contributed by atoms with Crippen LogP contribution in [0.3, 0.4) is 0 Å². The normalized spacial score (nSPS) is 12.9. The summed E-state index contributed by atoms with van der Waals surface area (Å²) < 4.78 is 32.3. The molecule has 36 heavy (non-hydrogen) atoms. The molecule has 2 aromatic carbocycles. The zero-order valence-electron chi connectivity index (χ0n) is 22.2. The van der Waals surface area contributed by atoms with Gasteiger partial charge in [-0.25, -0.2) is 8.42 Å². The minimum absolute atomic E-state index is 0.0477. The number of rotatable bonds is 13. The predicted molar refractivity (Wildman–Crippen MR) is 144 cm³/mol. The van der Waals surface area contributed by atoms with Crippen molar-refractivity contribution >= 4 is 27.5 Å². The zero-order valence-corrected chi connectivity index (χ0v) is 23.0. The first-order chi connectivity index (χ1) is 17.0. The van der Waals surface area contributed by atoms with Crippen molar-refractivity contribution in [3.63, 3.8) is 0 Å². The van der Waals surface area contributed by atoms with Gasteiger partial charge in [0, 0.05) is 12.6 Å². The molecule has 2 rings (SSSR count). The maximum Gasteiger partial charge on any atom is 0.244 e. The lowest BCUT2D eigenvalue weighted by Gasteiger charge is -2.33. The molecule has 198 valence electrons. The summed E-state index contributed by atoms with van der Waals surface area (Å²) in [6, 6.07) is 13.6. The summed E-state index contributed by atoms with van der Waals surface area (Å²) >= 11 is 0. The number of benzene rings is 2. The molecule has 1 N–H and O–H groups in total. The summed E-state index contributed by atoms with van der Waals surface area (Å²) in [5, 5.41) is 2.97. The highest BCUT2D eigenvalue weighted by Gasteiger charge is 2.32. The Morgan fingerprint density at radius 2 is 1.64 bits per heavy atom. The second-order valence-corrected chi connectivity index (χ2v) is 10.8. The molecule has 2 atom stereocenters. The Kier molecular flexibility index (Phi) is 10.8. The average molecular weight is 518 g/mol. The Morgan fingerprint density at radius 3 is 2.19 bits per heavy atom. The van der Waals surface area contributed by atoms with E-state index < -0.39 is 28.5 Å². The largest absolute Gasteiger partial charge is 0.492 e. The fraction of sp³-hybridized carbons (Fsp3) is 0.481. The molecule has 0 aliphatic carbocycles. The number of ether oxygens (including phenoxy) is 1. The number of aryl methyl sites for hydroxylation is 1. The van der Waals surface area contributed by atoms with Crippen LogP contribution in [0, 0.1) is 6.92 Å². The molecule has 9 heteroatoms. The number of nitrogens with zero attached hydrogens (tertiary/aromatic N) is 2. The summed E-state index contributed by atoms with van der Waals surface area (Å²) in [6.45, 7) is 9.56. The van der Waals surface area contributed by atoms with E-state index in [4.69, 9.17) is 4.74 Å². The summed E-state index contributed by atoms with van der Waals surface area (Å²) in [5.41, 5.74) is 2.21. The van der Waals surface area contributed by atoms with Gasteiger partial charge in [0.2, 0.25) is 21.8 Å². The van der Waals surface area contributed by atoms with Gasteiger partial charge in [-0.05, 0) is 51.3 Å². The van der Waals surface area contributed by atoms with Crippen molar-refractivity contribution < 1.29 is 22.7 Å². The molecular formula is C27H39N3O5S. The molecule has 0 saturated carbocycles. The van der Waals surface area contributed by atoms with Gasteiger partial charge < -0.3 is 15.0 Å². The lowest BCUT2D eigenvalue weighted by molar-refractivity contribution is -0.140. The maximum atomic E-state index is 13.8. The predicted octanol–water partition coefficient (Wildman–Crippen LogP) is 3.88. The van der Waals surface area contributed by atoms with Gasteiger partial charge in [-0.15, -0.1) is 0 Å². The van der Waals surface area contributed by atoms with Crippen LogP contribution >= 0.6 is 0 Å². The molecule has 8 nitrogen and oxygen atoms in total. The van der Waals surface area contributed by atoms with Crippen LogP contribution in [0.2, 0.25) is 0 Å². The highest BCUT2D eigenvalue weighted by molar-refractivity contribution is 7.92. The topological polar surface area (TPSA) is 96.0 Å². The number of anilines is 1. The fourth-order valence-corrected chi connectivity index (χ4v) is 4.64. The number of sulfonamides is 1. The van der Waals surface area contributed by atoms with Crippen molar-refractivity contribution in [2.45, 2.75) is 66.1 Å². The van der Waals surface area contributed by atoms with Crippen LogP contribution in [0.1, 0.15) is 51.7 Å². The first kappa shape index (κ1) is 29.2. The van der Waals surface area contributed by atoms with Crippen molar-refractivity contribution in [2.24, 2.45) is 0 Å². The lowest BCUT2D eigenvalue weighted by Crippen LogP contribution is -2.53. The van der Waals surface area contributed by atoms with E-state index in [0.717, 1.165) is 28.1 Å². The average Bonchev–Trinajstić information content (AvgIpc) is 2.83. The van der Waals surface area contributed by atoms with E-state index in [1.807, 2.05) is 52.0 Å². The van der Waals surface area contributed by atoms with Gasteiger partial charge >= 0.3 is 0 Å². The number of hydrogen-bond donors (Lipinski definition) is 1. The Bertz CT molecular complexity index is 1120. The Labute approximate surface area is 215 Å². The maximum absolute atomic E-state index is 13.8. The van der Waals surface area contributed by atoms with Gasteiger partial charge in [-0.2, -0.15) is 0 Å². The molecule has 0 aromatic heterocycles. The molecule has 0 fully saturated rings. The Hall–Kier alpha value is -3.07. The van der Waals surface area contributed by atoms with Crippen LogP contribution in [-0.4, -0.2) is 56.6 Å². The van der Waals surface area contributed by atoms with E-state index in [-0.39, 0.29) is 24.2 Å². The third kappa shape index (κ3) is 7.98. The van der Waals surface area contributed by atoms with Gasteiger partial charge in [0.15, 0.2) is 0 Å². The summed E-state index contributed by atoms with van der Waals surface area (Å²) in [7, 11) is -3.84. The number of carbonyl (C=O) groups is 2. The molecule has 0 spiro atoms. The van der Waals surface area contributed by atoms with Crippen LogP contribution < -0.4 is 14.4 Å². The molecular weight excluding hydrogens is 478 g/mol. The van der Waals surface area contributed by atoms with Crippen molar-refractivity contribution in [3.05, 3.63) is 59.7 Å². The molecule has 2 aromatic rings. The molecule has 2 unspecified atom stereocenters. The van der Waals surface area contributed by atoms with Crippen molar-refractivity contribution in [1.29, 1.82) is 0 Å².